The summed E-state index contributed by atoms with van der Waals surface area (Å²) in [5, 5.41) is 0. The maximum Gasteiger partial charge on any atom is 0.178 e. The van der Waals surface area contributed by atoms with Gasteiger partial charge in [-0.1, -0.05) is 31.5 Å². The molecule has 0 fully saturated rings. The van der Waals surface area contributed by atoms with Crippen molar-refractivity contribution >= 4 is 16.1 Å². The number of carbonyl (C=O) groups is 1. The second-order valence-corrected chi connectivity index (χ2v) is 7.10. The lowest BCUT2D eigenvalue weighted by Gasteiger charge is -2.16. The molecule has 94 valence electrons. The van der Waals surface area contributed by atoms with Gasteiger partial charge < -0.3 is 4.79 Å². The predicted octanol–water partition coefficient (Wildman–Crippen LogP) is 2.38. The summed E-state index contributed by atoms with van der Waals surface area (Å²) in [5.41, 5.74) is 0.440. The Labute approximate surface area is 103 Å². The van der Waals surface area contributed by atoms with Crippen LogP contribution in [0.3, 0.4) is 0 Å². The number of hydrogen-bond donors (Lipinski definition) is 0. The van der Waals surface area contributed by atoms with Gasteiger partial charge in [0, 0.05) is 5.41 Å². The molecule has 0 heterocycles. The van der Waals surface area contributed by atoms with Crippen LogP contribution in [0.2, 0.25) is 0 Å². The molecule has 17 heavy (non-hydrogen) atoms. The molecule has 0 unspecified atom stereocenters. The Balaban J connectivity index is 2.83. The van der Waals surface area contributed by atoms with Crippen molar-refractivity contribution in [1.29, 1.82) is 0 Å². The molecular formula is C13H18O3S. The van der Waals surface area contributed by atoms with Gasteiger partial charge in [-0.3, -0.25) is 0 Å². The third kappa shape index (κ3) is 3.97. The number of hydrogen-bond acceptors (Lipinski definition) is 3. The molecule has 0 N–H and O–H groups in total. The van der Waals surface area contributed by atoms with E-state index in [4.69, 9.17) is 0 Å². The van der Waals surface area contributed by atoms with Crippen molar-refractivity contribution in [2.75, 3.05) is 5.75 Å². The summed E-state index contributed by atoms with van der Waals surface area (Å²) in [5.74, 6) is 0.00179. The van der Waals surface area contributed by atoms with E-state index in [9.17, 15) is 13.2 Å². The Kier molecular flexibility index (Phi) is 4.09. The largest absolute Gasteiger partial charge is 0.303 e. The summed E-state index contributed by atoms with van der Waals surface area (Å²) in [6, 6.07) is 6.77. The highest BCUT2D eigenvalue weighted by molar-refractivity contribution is 7.91. The third-order valence-corrected chi connectivity index (χ3v) is 4.45. The molecule has 0 aliphatic heterocycles. The van der Waals surface area contributed by atoms with Crippen LogP contribution >= 0.6 is 0 Å². The predicted molar refractivity (Wildman–Crippen MR) is 67.7 cm³/mol. The zero-order chi connectivity index (χ0) is 13.1. The molecule has 0 radical (unpaired) electrons. The van der Waals surface area contributed by atoms with Crippen LogP contribution in [-0.4, -0.2) is 20.5 Å². The molecule has 0 bridgehead atoms. The molecule has 0 amide bonds. The van der Waals surface area contributed by atoms with Crippen LogP contribution in [0, 0.1) is 12.3 Å². The third-order valence-electron chi connectivity index (χ3n) is 2.71. The average molecular weight is 254 g/mol. The molecule has 0 aliphatic carbocycles. The van der Waals surface area contributed by atoms with Crippen LogP contribution < -0.4 is 0 Å². The first-order valence-corrected chi connectivity index (χ1v) is 7.18. The van der Waals surface area contributed by atoms with E-state index in [1.807, 2.05) is 6.92 Å². The molecule has 1 rings (SSSR count). The summed E-state index contributed by atoms with van der Waals surface area (Å²) in [7, 11) is -3.28. The van der Waals surface area contributed by atoms with Crippen LogP contribution in [0.25, 0.3) is 0 Å². The molecule has 0 aromatic heterocycles. The summed E-state index contributed by atoms with van der Waals surface area (Å²) < 4.78 is 24.0. The van der Waals surface area contributed by atoms with E-state index in [1.165, 1.54) is 0 Å². The fourth-order valence-corrected chi connectivity index (χ4v) is 2.90. The second-order valence-electron chi connectivity index (χ2n) is 4.99. The summed E-state index contributed by atoms with van der Waals surface area (Å²) in [4.78, 5) is 11.1. The maximum absolute atomic E-state index is 12.0. The van der Waals surface area contributed by atoms with Crippen molar-refractivity contribution in [3.63, 3.8) is 0 Å². The van der Waals surface area contributed by atoms with Gasteiger partial charge >= 0.3 is 0 Å². The van der Waals surface area contributed by atoms with Gasteiger partial charge in [0.25, 0.3) is 0 Å². The molecule has 0 saturated carbocycles. The lowest BCUT2D eigenvalue weighted by molar-refractivity contribution is -0.114. The maximum atomic E-state index is 12.0. The van der Waals surface area contributed by atoms with Crippen LogP contribution in [0.15, 0.2) is 29.2 Å². The molecule has 3 nitrogen and oxygen atoms in total. The standard InChI is InChI=1S/C13H18O3S/c1-11-4-6-12(7-5-11)17(15,16)9-8-13(2,3)10-14/h4-7,10H,8-9H2,1-3H3. The first-order chi connectivity index (χ1) is 7.77. The van der Waals surface area contributed by atoms with Gasteiger partial charge in [0.05, 0.1) is 10.6 Å². The molecule has 0 aliphatic rings. The van der Waals surface area contributed by atoms with Crippen molar-refractivity contribution in [3.8, 4) is 0 Å². The van der Waals surface area contributed by atoms with Crippen molar-refractivity contribution in [1.82, 2.24) is 0 Å². The van der Waals surface area contributed by atoms with Crippen LogP contribution in [0.4, 0.5) is 0 Å². The SMILES string of the molecule is Cc1ccc(S(=O)(=O)CCC(C)(C)C=O)cc1. The highest BCUT2D eigenvalue weighted by Gasteiger charge is 2.22. The highest BCUT2D eigenvalue weighted by atomic mass is 32.2. The topological polar surface area (TPSA) is 51.2 Å². The van der Waals surface area contributed by atoms with E-state index < -0.39 is 15.3 Å². The summed E-state index contributed by atoms with van der Waals surface area (Å²) >= 11 is 0. The molecule has 1 aromatic rings. The molecule has 0 saturated heterocycles. The summed E-state index contributed by atoms with van der Waals surface area (Å²) in [6.07, 6.45) is 1.14. The van der Waals surface area contributed by atoms with E-state index >= 15 is 0 Å². The lowest BCUT2D eigenvalue weighted by Crippen LogP contribution is -2.19. The lowest BCUT2D eigenvalue weighted by atomic mass is 9.93. The van der Waals surface area contributed by atoms with E-state index in [1.54, 1.807) is 38.1 Å². The first kappa shape index (κ1) is 13.9. The number of sulfone groups is 1. The zero-order valence-electron chi connectivity index (χ0n) is 10.4. The summed E-state index contributed by atoms with van der Waals surface area (Å²) in [6.45, 7) is 5.39. The van der Waals surface area contributed by atoms with Gasteiger partial charge in [-0.2, -0.15) is 0 Å². The number of rotatable bonds is 5. The van der Waals surface area contributed by atoms with Gasteiger partial charge in [0.1, 0.15) is 6.29 Å². The van der Waals surface area contributed by atoms with Crippen molar-refractivity contribution < 1.29 is 13.2 Å². The minimum Gasteiger partial charge on any atom is -0.303 e. The number of aryl methyl sites for hydroxylation is 1. The molecular weight excluding hydrogens is 236 g/mol. The van der Waals surface area contributed by atoms with Gasteiger partial charge in [-0.15, -0.1) is 0 Å². The van der Waals surface area contributed by atoms with Gasteiger partial charge in [-0.05, 0) is 25.5 Å². The fourth-order valence-electron chi connectivity index (χ4n) is 1.32. The Hall–Kier alpha value is -1.16. The van der Waals surface area contributed by atoms with E-state index in [0.29, 0.717) is 11.3 Å². The molecule has 4 heteroatoms. The minimum atomic E-state index is -3.28. The Morgan fingerprint density at radius 2 is 1.71 bits per heavy atom. The zero-order valence-corrected chi connectivity index (χ0v) is 11.3. The van der Waals surface area contributed by atoms with Crippen LogP contribution in [0.5, 0.6) is 0 Å². The first-order valence-electron chi connectivity index (χ1n) is 5.53. The number of benzene rings is 1. The van der Waals surface area contributed by atoms with Gasteiger partial charge in [0.2, 0.25) is 0 Å². The van der Waals surface area contributed by atoms with Crippen LogP contribution in [0.1, 0.15) is 25.8 Å². The quantitative estimate of drug-likeness (QED) is 0.758. The van der Waals surface area contributed by atoms with Gasteiger partial charge in [0.15, 0.2) is 9.84 Å². The number of carbonyl (C=O) groups excluding carboxylic acids is 1. The number of aldehydes is 1. The van der Waals surface area contributed by atoms with Crippen molar-refractivity contribution in [3.05, 3.63) is 29.8 Å². The normalized spacial score (nSPS) is 12.4. The smallest absolute Gasteiger partial charge is 0.178 e. The monoisotopic (exact) mass is 254 g/mol. The second kappa shape index (κ2) is 5.00. The van der Waals surface area contributed by atoms with E-state index in [2.05, 4.69) is 0 Å². The van der Waals surface area contributed by atoms with E-state index in [-0.39, 0.29) is 5.75 Å². The molecule has 0 atom stereocenters. The van der Waals surface area contributed by atoms with E-state index in [0.717, 1.165) is 11.8 Å². The average Bonchev–Trinajstić information content (AvgIpc) is 2.27. The van der Waals surface area contributed by atoms with Crippen LogP contribution in [-0.2, 0) is 14.6 Å². The minimum absolute atomic E-state index is 0.00179. The Bertz CT molecular complexity index is 484. The van der Waals surface area contributed by atoms with Gasteiger partial charge in [-0.25, -0.2) is 8.42 Å². The Morgan fingerprint density at radius 3 is 2.18 bits per heavy atom. The highest BCUT2D eigenvalue weighted by Crippen LogP contribution is 2.21. The van der Waals surface area contributed by atoms with Crippen molar-refractivity contribution in [2.24, 2.45) is 5.41 Å². The fraction of sp³-hybridized carbons (Fsp3) is 0.462. The van der Waals surface area contributed by atoms with Crippen molar-refractivity contribution in [2.45, 2.75) is 32.1 Å². The Morgan fingerprint density at radius 1 is 1.18 bits per heavy atom. The molecule has 0 spiro atoms. The molecule has 1 aromatic carbocycles.